The Balaban J connectivity index is 3.01. The van der Waals surface area contributed by atoms with E-state index in [1.165, 1.54) is 70.6 Å². The Hall–Kier alpha value is -0.460. The van der Waals surface area contributed by atoms with Gasteiger partial charge in [0.2, 0.25) is 0 Å². The van der Waals surface area contributed by atoms with Crippen molar-refractivity contribution in [3.63, 3.8) is 0 Å². The molecule has 0 fully saturated rings. The van der Waals surface area contributed by atoms with E-state index in [4.69, 9.17) is 4.74 Å². The smallest absolute Gasteiger partial charge is 0.0888 e. The lowest BCUT2D eigenvalue weighted by Gasteiger charge is -2.06. The second-order valence-corrected chi connectivity index (χ2v) is 5.26. The van der Waals surface area contributed by atoms with E-state index in [-0.39, 0.29) is 0 Å². The van der Waals surface area contributed by atoms with E-state index < -0.39 is 0 Å². The molecule has 108 valence electrons. The average molecular weight is 254 g/mol. The molecule has 0 radical (unpaired) electrons. The van der Waals surface area contributed by atoms with E-state index in [1.807, 2.05) is 6.92 Å². The van der Waals surface area contributed by atoms with Crippen molar-refractivity contribution in [1.82, 2.24) is 0 Å². The molecule has 0 heterocycles. The minimum Gasteiger partial charge on any atom is -0.499 e. The lowest BCUT2D eigenvalue weighted by atomic mass is 10.1. The van der Waals surface area contributed by atoms with Gasteiger partial charge in [-0.2, -0.15) is 0 Å². The Bertz CT molecular complexity index is 174. The quantitative estimate of drug-likeness (QED) is 0.263. The highest BCUT2D eigenvalue weighted by Crippen LogP contribution is 2.13. The van der Waals surface area contributed by atoms with Gasteiger partial charge in [-0.15, -0.1) is 0 Å². The molecule has 0 saturated carbocycles. The predicted octanol–water partition coefficient (Wildman–Crippen LogP) is 6.24. The van der Waals surface area contributed by atoms with Crippen molar-refractivity contribution in [3.05, 3.63) is 12.3 Å². The molecule has 0 aromatic rings. The standard InChI is InChI=1S/C17H34O/c1-4-6-7-8-9-10-11-12-13-14-15-16-17(3)18-5-2/h3-16H2,1-2H3. The fraction of sp³-hybridized carbons (Fsp3) is 0.882. The third-order valence-electron chi connectivity index (χ3n) is 3.41. The summed E-state index contributed by atoms with van der Waals surface area (Å²) in [4.78, 5) is 0. The molecule has 1 heteroatoms. The molecular weight excluding hydrogens is 220 g/mol. The number of ether oxygens (including phenoxy) is 1. The maximum absolute atomic E-state index is 5.34. The van der Waals surface area contributed by atoms with Crippen LogP contribution in [0.1, 0.15) is 90.9 Å². The number of allylic oxidation sites excluding steroid dienone is 1. The van der Waals surface area contributed by atoms with Crippen LogP contribution in [-0.2, 0) is 4.74 Å². The van der Waals surface area contributed by atoms with Gasteiger partial charge in [-0.25, -0.2) is 0 Å². The van der Waals surface area contributed by atoms with Crippen molar-refractivity contribution in [2.24, 2.45) is 0 Å². The van der Waals surface area contributed by atoms with Crippen molar-refractivity contribution in [2.75, 3.05) is 6.61 Å². The summed E-state index contributed by atoms with van der Waals surface area (Å²) >= 11 is 0. The number of hydrogen-bond acceptors (Lipinski definition) is 1. The molecule has 18 heavy (non-hydrogen) atoms. The monoisotopic (exact) mass is 254 g/mol. The van der Waals surface area contributed by atoms with E-state index in [9.17, 15) is 0 Å². The molecule has 0 bridgehead atoms. The first-order valence-corrected chi connectivity index (χ1v) is 8.11. The molecule has 0 aliphatic rings. The molecule has 0 atom stereocenters. The van der Waals surface area contributed by atoms with Gasteiger partial charge in [0.05, 0.1) is 12.4 Å². The molecule has 0 aliphatic carbocycles. The summed E-state index contributed by atoms with van der Waals surface area (Å²) in [5, 5.41) is 0. The topological polar surface area (TPSA) is 9.23 Å². The Kier molecular flexibility index (Phi) is 14.2. The van der Waals surface area contributed by atoms with E-state index in [2.05, 4.69) is 13.5 Å². The summed E-state index contributed by atoms with van der Waals surface area (Å²) in [6, 6.07) is 0. The van der Waals surface area contributed by atoms with Gasteiger partial charge in [0.25, 0.3) is 0 Å². The van der Waals surface area contributed by atoms with Crippen molar-refractivity contribution in [2.45, 2.75) is 90.9 Å². The van der Waals surface area contributed by atoms with Gasteiger partial charge >= 0.3 is 0 Å². The largest absolute Gasteiger partial charge is 0.499 e. The molecule has 0 N–H and O–H groups in total. The fourth-order valence-corrected chi connectivity index (χ4v) is 2.26. The van der Waals surface area contributed by atoms with Gasteiger partial charge in [-0.05, 0) is 13.3 Å². The van der Waals surface area contributed by atoms with Crippen LogP contribution in [-0.4, -0.2) is 6.61 Å². The van der Waals surface area contributed by atoms with E-state index in [1.54, 1.807) is 0 Å². The summed E-state index contributed by atoms with van der Waals surface area (Å²) in [6.07, 6.45) is 16.4. The summed E-state index contributed by atoms with van der Waals surface area (Å²) in [5.41, 5.74) is 0. The first-order valence-electron chi connectivity index (χ1n) is 8.11. The van der Waals surface area contributed by atoms with Crippen LogP contribution in [0.3, 0.4) is 0 Å². The van der Waals surface area contributed by atoms with Gasteiger partial charge in [0.1, 0.15) is 0 Å². The van der Waals surface area contributed by atoms with Crippen LogP contribution in [0.2, 0.25) is 0 Å². The zero-order chi connectivity index (χ0) is 13.5. The van der Waals surface area contributed by atoms with Crippen molar-refractivity contribution < 1.29 is 4.74 Å². The van der Waals surface area contributed by atoms with Crippen LogP contribution in [0, 0.1) is 0 Å². The molecule has 0 spiro atoms. The SMILES string of the molecule is C=C(CCCCCCCCCCCCC)OCC. The zero-order valence-corrected chi connectivity index (χ0v) is 12.8. The van der Waals surface area contributed by atoms with Crippen LogP contribution in [0.5, 0.6) is 0 Å². The maximum Gasteiger partial charge on any atom is 0.0888 e. The number of hydrogen-bond donors (Lipinski definition) is 0. The molecule has 1 nitrogen and oxygen atoms in total. The second kappa shape index (κ2) is 14.6. The molecule has 0 aliphatic heterocycles. The van der Waals surface area contributed by atoms with Crippen LogP contribution < -0.4 is 0 Å². The average Bonchev–Trinajstić information content (AvgIpc) is 2.36. The van der Waals surface area contributed by atoms with E-state index >= 15 is 0 Å². The van der Waals surface area contributed by atoms with Gasteiger partial charge in [-0.1, -0.05) is 77.7 Å². The molecule has 0 saturated heterocycles. The normalized spacial score (nSPS) is 10.6. The van der Waals surface area contributed by atoms with Crippen LogP contribution in [0.15, 0.2) is 12.3 Å². The predicted molar refractivity (Wildman–Crippen MR) is 81.8 cm³/mol. The molecule has 0 unspecified atom stereocenters. The third kappa shape index (κ3) is 13.6. The van der Waals surface area contributed by atoms with Crippen LogP contribution in [0.4, 0.5) is 0 Å². The lowest BCUT2D eigenvalue weighted by molar-refractivity contribution is 0.218. The van der Waals surface area contributed by atoms with Crippen molar-refractivity contribution in [1.29, 1.82) is 0 Å². The summed E-state index contributed by atoms with van der Waals surface area (Å²) in [5.74, 6) is 0.966. The van der Waals surface area contributed by atoms with Gasteiger partial charge in [0, 0.05) is 6.42 Å². The third-order valence-corrected chi connectivity index (χ3v) is 3.41. The first kappa shape index (κ1) is 17.5. The second-order valence-electron chi connectivity index (χ2n) is 5.26. The molecule has 0 rings (SSSR count). The first-order chi connectivity index (χ1) is 8.81. The van der Waals surface area contributed by atoms with E-state index in [0.29, 0.717) is 0 Å². The number of unbranched alkanes of at least 4 members (excludes halogenated alkanes) is 10. The van der Waals surface area contributed by atoms with Crippen molar-refractivity contribution in [3.8, 4) is 0 Å². The lowest BCUT2D eigenvalue weighted by Crippen LogP contribution is -1.90. The Labute approximate surface area is 115 Å². The minimum atomic E-state index is 0.761. The zero-order valence-electron chi connectivity index (χ0n) is 12.8. The highest BCUT2D eigenvalue weighted by atomic mass is 16.5. The number of rotatable bonds is 14. The summed E-state index contributed by atoms with van der Waals surface area (Å²) in [6.45, 7) is 8.96. The van der Waals surface area contributed by atoms with Gasteiger partial charge < -0.3 is 4.74 Å². The highest BCUT2D eigenvalue weighted by molar-refractivity contribution is 4.81. The minimum absolute atomic E-state index is 0.761. The highest BCUT2D eigenvalue weighted by Gasteiger charge is 1.95. The van der Waals surface area contributed by atoms with E-state index in [0.717, 1.165) is 18.8 Å². The summed E-state index contributed by atoms with van der Waals surface area (Å²) in [7, 11) is 0. The maximum atomic E-state index is 5.34. The Morgan fingerprint density at radius 3 is 1.61 bits per heavy atom. The Morgan fingerprint density at radius 2 is 1.17 bits per heavy atom. The molecule has 0 aromatic carbocycles. The van der Waals surface area contributed by atoms with Gasteiger partial charge in [0.15, 0.2) is 0 Å². The molecule has 0 amide bonds. The van der Waals surface area contributed by atoms with Gasteiger partial charge in [-0.3, -0.25) is 0 Å². The molecular formula is C17H34O. The fourth-order valence-electron chi connectivity index (χ4n) is 2.26. The van der Waals surface area contributed by atoms with Crippen LogP contribution in [0.25, 0.3) is 0 Å². The molecule has 0 aromatic heterocycles. The van der Waals surface area contributed by atoms with Crippen LogP contribution >= 0.6 is 0 Å². The van der Waals surface area contributed by atoms with Crippen molar-refractivity contribution >= 4 is 0 Å². The summed E-state index contributed by atoms with van der Waals surface area (Å²) < 4.78 is 5.34. The Morgan fingerprint density at radius 1 is 0.722 bits per heavy atom.